The van der Waals surface area contributed by atoms with Gasteiger partial charge in [0.1, 0.15) is 12.7 Å². The van der Waals surface area contributed by atoms with Crippen molar-refractivity contribution >= 4 is 23.2 Å². The molecule has 3 heterocycles. The molecule has 1 saturated heterocycles. The van der Waals surface area contributed by atoms with E-state index in [1.54, 1.807) is 35.3 Å². The smallest absolute Gasteiger partial charge is 0.229 e. The van der Waals surface area contributed by atoms with Crippen LogP contribution >= 0.6 is 0 Å². The molecule has 29 heavy (non-hydrogen) atoms. The maximum absolute atomic E-state index is 12.7. The second-order valence-corrected chi connectivity index (χ2v) is 7.00. The van der Waals surface area contributed by atoms with Crippen LogP contribution in [0.4, 0.5) is 11.5 Å². The first-order valence-electron chi connectivity index (χ1n) is 9.46. The van der Waals surface area contributed by atoms with Crippen LogP contribution in [0.15, 0.2) is 49.1 Å². The van der Waals surface area contributed by atoms with Crippen LogP contribution in [0, 0.1) is 5.92 Å². The van der Waals surface area contributed by atoms with Crippen molar-refractivity contribution in [3.05, 3.63) is 54.6 Å². The highest BCUT2D eigenvalue weighted by Gasteiger charge is 2.27. The summed E-state index contributed by atoms with van der Waals surface area (Å²) >= 11 is 0. The molecule has 9 nitrogen and oxygen atoms in total. The van der Waals surface area contributed by atoms with E-state index in [4.69, 9.17) is 0 Å². The molecule has 1 fully saturated rings. The molecule has 3 aromatic rings. The molecule has 1 atom stereocenters. The molecule has 2 aromatic heterocycles. The molecule has 9 heteroatoms. The van der Waals surface area contributed by atoms with Gasteiger partial charge in [0.25, 0.3) is 0 Å². The molecule has 4 rings (SSSR count). The average molecular weight is 391 g/mol. The molecule has 1 aliphatic rings. The number of piperidine rings is 1. The zero-order valence-corrected chi connectivity index (χ0v) is 16.0. The van der Waals surface area contributed by atoms with Gasteiger partial charge in [-0.25, -0.2) is 9.67 Å². The summed E-state index contributed by atoms with van der Waals surface area (Å²) in [4.78, 5) is 30.1. The van der Waals surface area contributed by atoms with E-state index in [1.165, 1.54) is 13.3 Å². The molecule has 1 amide bonds. The van der Waals surface area contributed by atoms with Crippen LogP contribution in [-0.4, -0.2) is 49.7 Å². The molecule has 1 N–H and O–H groups in total. The van der Waals surface area contributed by atoms with Gasteiger partial charge in [-0.3, -0.25) is 9.59 Å². The van der Waals surface area contributed by atoms with Crippen LogP contribution in [0.5, 0.6) is 0 Å². The number of aromatic nitrogens is 5. The van der Waals surface area contributed by atoms with Crippen molar-refractivity contribution in [2.24, 2.45) is 5.92 Å². The minimum absolute atomic E-state index is 0.00162. The van der Waals surface area contributed by atoms with Crippen LogP contribution < -0.4 is 10.2 Å². The van der Waals surface area contributed by atoms with Crippen LogP contribution in [0.2, 0.25) is 0 Å². The second-order valence-electron chi connectivity index (χ2n) is 7.00. The summed E-state index contributed by atoms with van der Waals surface area (Å²) in [6.07, 6.45) is 4.72. The van der Waals surface area contributed by atoms with Crippen molar-refractivity contribution in [1.82, 2.24) is 25.0 Å². The lowest BCUT2D eigenvalue weighted by Crippen LogP contribution is -2.41. The monoisotopic (exact) mass is 391 g/mol. The number of nitrogens with one attached hydrogen (secondary N) is 1. The summed E-state index contributed by atoms with van der Waals surface area (Å²) < 4.78 is 1.54. The van der Waals surface area contributed by atoms with Crippen LogP contribution in [0.25, 0.3) is 5.82 Å². The normalized spacial score (nSPS) is 16.4. The summed E-state index contributed by atoms with van der Waals surface area (Å²) in [5.74, 6) is 1.15. The molecule has 1 unspecified atom stereocenters. The van der Waals surface area contributed by atoms with Gasteiger partial charge in [0.2, 0.25) is 5.91 Å². The highest BCUT2D eigenvalue weighted by atomic mass is 16.2. The van der Waals surface area contributed by atoms with E-state index in [0.717, 1.165) is 25.2 Å². The number of nitrogens with zero attached hydrogens (tertiary/aromatic N) is 6. The lowest BCUT2D eigenvalue weighted by Gasteiger charge is -2.32. The average Bonchev–Trinajstić information content (AvgIpc) is 3.29. The van der Waals surface area contributed by atoms with Crippen molar-refractivity contribution in [1.29, 1.82) is 0 Å². The molecular weight excluding hydrogens is 370 g/mol. The number of amides is 1. The molecule has 1 aliphatic heterocycles. The summed E-state index contributed by atoms with van der Waals surface area (Å²) in [7, 11) is 0. The lowest BCUT2D eigenvalue weighted by atomic mass is 9.97. The summed E-state index contributed by atoms with van der Waals surface area (Å²) in [6.45, 7) is 2.93. The highest BCUT2D eigenvalue weighted by Crippen LogP contribution is 2.23. The molecule has 0 aliphatic carbocycles. The van der Waals surface area contributed by atoms with Crippen molar-refractivity contribution in [2.45, 2.75) is 19.8 Å². The first-order chi connectivity index (χ1) is 14.1. The molecule has 0 bridgehead atoms. The Morgan fingerprint density at radius 2 is 1.83 bits per heavy atom. The van der Waals surface area contributed by atoms with Crippen molar-refractivity contribution < 1.29 is 9.59 Å². The Labute approximate surface area is 167 Å². The van der Waals surface area contributed by atoms with Gasteiger partial charge in [-0.2, -0.15) is 5.10 Å². The Morgan fingerprint density at radius 3 is 2.48 bits per heavy atom. The number of Topliss-reactive ketones (excluding diaryl/α,β-unsaturated/α-hetero) is 1. The third-order valence-corrected chi connectivity index (χ3v) is 4.97. The lowest BCUT2D eigenvalue weighted by molar-refractivity contribution is -0.120. The largest absolute Gasteiger partial charge is 0.354 e. The van der Waals surface area contributed by atoms with E-state index in [0.29, 0.717) is 23.6 Å². The molecular formula is C20H21N7O2. The van der Waals surface area contributed by atoms with E-state index in [9.17, 15) is 9.59 Å². The Hall–Kier alpha value is -3.62. The predicted octanol–water partition coefficient (Wildman–Crippen LogP) is 2.11. The fourth-order valence-electron chi connectivity index (χ4n) is 3.37. The number of rotatable bonds is 5. The molecule has 0 radical (unpaired) electrons. The number of carbonyl (C=O) groups excluding carboxylic acids is 2. The first kappa shape index (κ1) is 18.7. The van der Waals surface area contributed by atoms with Gasteiger partial charge in [0, 0.05) is 24.3 Å². The molecule has 148 valence electrons. The number of hydrogen-bond acceptors (Lipinski definition) is 7. The predicted molar refractivity (Wildman–Crippen MR) is 107 cm³/mol. The van der Waals surface area contributed by atoms with Gasteiger partial charge in [0.15, 0.2) is 17.4 Å². The minimum atomic E-state index is -0.145. The summed E-state index contributed by atoms with van der Waals surface area (Å²) in [5, 5.41) is 15.5. The first-order valence-corrected chi connectivity index (χ1v) is 9.46. The summed E-state index contributed by atoms with van der Waals surface area (Å²) in [6, 6.07) is 10.7. The Morgan fingerprint density at radius 1 is 1.07 bits per heavy atom. The van der Waals surface area contributed by atoms with E-state index < -0.39 is 0 Å². The van der Waals surface area contributed by atoms with E-state index in [-0.39, 0.29) is 17.6 Å². The highest BCUT2D eigenvalue weighted by molar-refractivity contribution is 5.96. The number of ketones is 1. The van der Waals surface area contributed by atoms with Crippen LogP contribution in [0.1, 0.15) is 30.1 Å². The Kier molecular flexibility index (Phi) is 5.28. The van der Waals surface area contributed by atoms with Gasteiger partial charge in [-0.1, -0.05) is 0 Å². The van der Waals surface area contributed by atoms with Gasteiger partial charge in [0.05, 0.1) is 5.92 Å². The van der Waals surface area contributed by atoms with Gasteiger partial charge in [-0.05, 0) is 56.2 Å². The summed E-state index contributed by atoms with van der Waals surface area (Å²) in [5.41, 5.74) is 1.31. The molecule has 1 aromatic carbocycles. The Bertz CT molecular complexity index is 985. The third kappa shape index (κ3) is 4.29. The number of anilines is 2. The van der Waals surface area contributed by atoms with Gasteiger partial charge >= 0.3 is 0 Å². The fraction of sp³-hybridized carbons (Fsp3) is 0.300. The topological polar surface area (TPSA) is 106 Å². The fourth-order valence-corrected chi connectivity index (χ4v) is 3.37. The second kappa shape index (κ2) is 8.17. The van der Waals surface area contributed by atoms with Gasteiger partial charge in [-0.15, -0.1) is 10.2 Å². The number of hydrogen-bond donors (Lipinski definition) is 1. The van der Waals surface area contributed by atoms with Crippen molar-refractivity contribution in [2.75, 3.05) is 23.3 Å². The van der Waals surface area contributed by atoms with Gasteiger partial charge < -0.3 is 10.2 Å². The van der Waals surface area contributed by atoms with Crippen LogP contribution in [0.3, 0.4) is 0 Å². The maximum atomic E-state index is 12.7. The quantitative estimate of drug-likeness (QED) is 0.664. The van der Waals surface area contributed by atoms with E-state index in [2.05, 4.69) is 30.5 Å². The van der Waals surface area contributed by atoms with E-state index in [1.807, 2.05) is 12.1 Å². The molecule has 0 spiro atoms. The minimum Gasteiger partial charge on any atom is -0.354 e. The van der Waals surface area contributed by atoms with Crippen molar-refractivity contribution in [3.63, 3.8) is 0 Å². The zero-order chi connectivity index (χ0) is 20.2. The SMILES string of the molecule is CC(=O)c1ccc(NC(=O)C2CCCN(c3ccc(-n4cncn4)nn3)C2)cc1. The molecule has 0 saturated carbocycles. The van der Waals surface area contributed by atoms with Crippen LogP contribution in [-0.2, 0) is 4.79 Å². The zero-order valence-electron chi connectivity index (χ0n) is 16.0. The standard InChI is InChI=1S/C20H21N7O2/c1-14(28)15-4-6-17(7-5-15)23-20(29)16-3-2-10-26(11-16)18-8-9-19(25-24-18)27-13-21-12-22-27/h4-9,12-13,16H,2-3,10-11H2,1H3,(H,23,29). The van der Waals surface area contributed by atoms with Crippen molar-refractivity contribution in [3.8, 4) is 5.82 Å². The Balaban J connectivity index is 1.39. The third-order valence-electron chi connectivity index (χ3n) is 4.97. The number of benzene rings is 1. The number of carbonyl (C=O) groups is 2. The van der Waals surface area contributed by atoms with E-state index >= 15 is 0 Å². The maximum Gasteiger partial charge on any atom is 0.229 e.